The molecule has 1 spiro atoms. The van der Waals surface area contributed by atoms with Crippen LogP contribution >= 0.6 is 27.3 Å². The number of hydrogen-bond acceptors (Lipinski definition) is 9. The van der Waals surface area contributed by atoms with Gasteiger partial charge < -0.3 is 29.6 Å². The van der Waals surface area contributed by atoms with E-state index in [1.165, 1.54) is 30.6 Å². The Labute approximate surface area is 262 Å². The van der Waals surface area contributed by atoms with Crippen LogP contribution in [-0.2, 0) is 22.0 Å². The number of hydrazine groups is 1. The summed E-state index contributed by atoms with van der Waals surface area (Å²) in [7, 11) is -0.766. The van der Waals surface area contributed by atoms with Gasteiger partial charge in [-0.2, -0.15) is 0 Å². The third-order valence-electron chi connectivity index (χ3n) is 8.74. The maximum Gasteiger partial charge on any atom is 0.264 e. The number of carbonyl (C=O) groups is 1. The first kappa shape index (κ1) is 29.9. The number of aliphatic hydroxyl groups is 1. The first-order valence-corrected chi connectivity index (χ1v) is 16.9. The Hall–Kier alpha value is -3.10. The molecule has 1 amide bonds. The predicted octanol–water partition coefficient (Wildman–Crippen LogP) is 4.34. The summed E-state index contributed by atoms with van der Waals surface area (Å²) in [6.07, 6.45) is 2.38. The highest BCUT2D eigenvalue weighted by Gasteiger charge is 2.58. The van der Waals surface area contributed by atoms with Crippen LogP contribution in [0.3, 0.4) is 0 Å². The van der Waals surface area contributed by atoms with Crippen molar-refractivity contribution in [2.24, 2.45) is 5.92 Å². The second-order valence-corrected chi connectivity index (χ2v) is 14.4. The Morgan fingerprint density at radius 2 is 2.00 bits per heavy atom. The molecular weight excluding hydrogens is 658 g/mol. The van der Waals surface area contributed by atoms with E-state index in [4.69, 9.17) is 14.2 Å². The van der Waals surface area contributed by atoms with Crippen LogP contribution in [0.15, 0.2) is 69.0 Å². The molecule has 1 aliphatic carbocycles. The number of ether oxygens (including phenoxy) is 3. The lowest BCUT2D eigenvalue weighted by Gasteiger charge is -2.44. The number of sulfonamides is 1. The Kier molecular flexibility index (Phi) is 7.96. The fourth-order valence-electron chi connectivity index (χ4n) is 6.62. The zero-order chi connectivity index (χ0) is 30.5. The number of rotatable bonds is 8. The first-order chi connectivity index (χ1) is 20.6. The SMILES string of the molecule is COc1ccc(S(=O)(=O)NNC2=C[C@H]3Oc4c(Br)c(OC)cc5c4[C@@]3(C[C@@H](CO)N(C(=O)c3cccs3)C5)[C@H](C)C2)cc1. The molecule has 0 saturated heterocycles. The van der Waals surface area contributed by atoms with E-state index in [1.807, 2.05) is 23.6 Å². The largest absolute Gasteiger partial charge is 0.497 e. The molecule has 3 aliphatic rings. The van der Waals surface area contributed by atoms with Crippen LogP contribution in [0.25, 0.3) is 0 Å². The van der Waals surface area contributed by atoms with Crippen molar-refractivity contribution < 1.29 is 32.5 Å². The van der Waals surface area contributed by atoms with Crippen LogP contribution in [0.4, 0.5) is 0 Å². The molecular formula is C30H32BrN3O7S2. The summed E-state index contributed by atoms with van der Waals surface area (Å²) < 4.78 is 44.2. The number of hydrogen-bond donors (Lipinski definition) is 3. The quantitative estimate of drug-likeness (QED) is 0.298. The van der Waals surface area contributed by atoms with Gasteiger partial charge in [0.25, 0.3) is 15.9 Å². The first-order valence-electron chi connectivity index (χ1n) is 13.8. The van der Waals surface area contributed by atoms with Crippen LogP contribution in [0, 0.1) is 5.92 Å². The average Bonchev–Trinajstić information content (AvgIpc) is 3.63. The number of amides is 1. The van der Waals surface area contributed by atoms with Crippen molar-refractivity contribution >= 4 is 43.2 Å². The number of methoxy groups -OCH3 is 2. The molecule has 2 aromatic carbocycles. The zero-order valence-electron chi connectivity index (χ0n) is 23.8. The van der Waals surface area contributed by atoms with Crippen LogP contribution < -0.4 is 24.5 Å². The minimum atomic E-state index is -3.87. The molecule has 0 bridgehead atoms. The number of halogens is 1. The summed E-state index contributed by atoms with van der Waals surface area (Å²) in [5.74, 6) is 1.59. The number of nitrogens with one attached hydrogen (secondary N) is 2. The highest BCUT2D eigenvalue weighted by Crippen LogP contribution is 2.60. The summed E-state index contributed by atoms with van der Waals surface area (Å²) in [4.78, 5) is 18.7. The molecule has 3 aromatic rings. The van der Waals surface area contributed by atoms with Crippen LogP contribution in [0.2, 0.25) is 0 Å². The highest BCUT2D eigenvalue weighted by atomic mass is 79.9. The van der Waals surface area contributed by atoms with E-state index in [9.17, 15) is 18.3 Å². The number of allylic oxidation sites excluding steroid dienone is 1. The second kappa shape index (κ2) is 11.4. The maximum absolute atomic E-state index is 13.7. The fourth-order valence-corrected chi connectivity index (χ4v) is 8.74. The summed E-state index contributed by atoms with van der Waals surface area (Å²) >= 11 is 5.06. The number of benzene rings is 2. The molecule has 3 heterocycles. The third kappa shape index (κ3) is 5.00. The van der Waals surface area contributed by atoms with Crippen LogP contribution in [-0.4, -0.2) is 57.3 Å². The van der Waals surface area contributed by atoms with Gasteiger partial charge in [-0.3, -0.25) is 4.79 Å². The van der Waals surface area contributed by atoms with Gasteiger partial charge in [0.2, 0.25) is 0 Å². The molecule has 1 aromatic heterocycles. The van der Waals surface area contributed by atoms with E-state index < -0.39 is 27.6 Å². The molecule has 0 unspecified atom stereocenters. The Balaban J connectivity index is 1.37. The molecule has 6 rings (SSSR count). The Bertz CT molecular complexity index is 1680. The number of aliphatic hydroxyl groups excluding tert-OH is 1. The lowest BCUT2D eigenvalue weighted by Crippen LogP contribution is -2.52. The number of nitrogens with zero attached hydrogens (tertiary/aromatic N) is 1. The molecule has 2 aliphatic heterocycles. The normalized spacial score (nSPS) is 24.3. The van der Waals surface area contributed by atoms with E-state index in [0.717, 1.165) is 11.1 Å². The number of thiophene rings is 1. The fraction of sp³-hybridized carbons (Fsp3) is 0.367. The molecule has 3 N–H and O–H groups in total. The van der Waals surface area contributed by atoms with Crippen molar-refractivity contribution in [3.8, 4) is 17.2 Å². The lowest BCUT2D eigenvalue weighted by molar-refractivity contribution is 0.0408. The van der Waals surface area contributed by atoms with E-state index in [1.54, 1.807) is 30.2 Å². The van der Waals surface area contributed by atoms with Gasteiger partial charge in [-0.1, -0.05) is 13.0 Å². The average molecular weight is 691 g/mol. The lowest BCUT2D eigenvalue weighted by atomic mass is 9.60. The van der Waals surface area contributed by atoms with Crippen molar-refractivity contribution in [1.82, 2.24) is 15.2 Å². The molecule has 10 nitrogen and oxygen atoms in total. The molecule has 0 saturated carbocycles. The van der Waals surface area contributed by atoms with Crippen LogP contribution in [0.5, 0.6) is 17.2 Å². The minimum Gasteiger partial charge on any atom is -0.497 e. The number of carbonyl (C=O) groups excluding carboxylic acids is 1. The summed E-state index contributed by atoms with van der Waals surface area (Å²) in [6, 6.07) is 11.2. The van der Waals surface area contributed by atoms with Gasteiger partial charge >= 0.3 is 0 Å². The molecule has 228 valence electrons. The van der Waals surface area contributed by atoms with Gasteiger partial charge in [0, 0.05) is 23.2 Å². The van der Waals surface area contributed by atoms with E-state index >= 15 is 0 Å². The summed E-state index contributed by atoms with van der Waals surface area (Å²) in [5.41, 5.74) is 4.89. The van der Waals surface area contributed by atoms with E-state index in [-0.39, 0.29) is 29.9 Å². The maximum atomic E-state index is 13.7. The van der Waals surface area contributed by atoms with Crippen molar-refractivity contribution in [2.75, 3.05) is 20.8 Å². The van der Waals surface area contributed by atoms with Gasteiger partial charge in [-0.05, 0) is 88.1 Å². The monoisotopic (exact) mass is 689 g/mol. The standard InChI is InChI=1S/C30H32BrN3O7S2/c1-17-11-19(32-33-43(37,38)22-8-6-21(39-2)7-9-22)13-25-30(17)14-20(16-35)34(29(36)24-5-4-10-42-24)15-18-12-23(40-3)27(31)28(41-25)26(18)30/h4-10,12-13,17,20,25,32-33,35H,11,14-16H2,1-3H3/t17-,20+,25-,30+/m1/s1. The zero-order valence-corrected chi connectivity index (χ0v) is 27.0. The summed E-state index contributed by atoms with van der Waals surface area (Å²) in [5, 5.41) is 12.5. The van der Waals surface area contributed by atoms with Gasteiger partial charge in [0.1, 0.15) is 27.8 Å². The molecule has 0 radical (unpaired) electrons. The van der Waals surface area contributed by atoms with E-state index in [2.05, 4.69) is 33.1 Å². The predicted molar refractivity (Wildman–Crippen MR) is 165 cm³/mol. The molecule has 43 heavy (non-hydrogen) atoms. The van der Waals surface area contributed by atoms with Crippen LogP contribution in [0.1, 0.15) is 40.6 Å². The Morgan fingerprint density at radius 1 is 1.23 bits per heavy atom. The smallest absolute Gasteiger partial charge is 0.264 e. The topological polar surface area (TPSA) is 126 Å². The Morgan fingerprint density at radius 3 is 2.65 bits per heavy atom. The minimum absolute atomic E-state index is 0.0541. The highest BCUT2D eigenvalue weighted by molar-refractivity contribution is 9.10. The van der Waals surface area contributed by atoms with Crippen molar-refractivity contribution in [1.29, 1.82) is 0 Å². The second-order valence-electron chi connectivity index (χ2n) is 11.0. The summed E-state index contributed by atoms with van der Waals surface area (Å²) in [6.45, 7) is 2.18. The van der Waals surface area contributed by atoms with Gasteiger partial charge in [0.05, 0.1) is 36.6 Å². The van der Waals surface area contributed by atoms with E-state index in [0.29, 0.717) is 45.1 Å². The van der Waals surface area contributed by atoms with Gasteiger partial charge in [0.15, 0.2) is 0 Å². The van der Waals surface area contributed by atoms with Gasteiger partial charge in [-0.15, -0.1) is 16.2 Å². The third-order valence-corrected chi connectivity index (χ3v) is 11.6. The molecule has 0 fully saturated rings. The van der Waals surface area contributed by atoms with Crippen molar-refractivity contribution in [2.45, 2.75) is 48.8 Å². The molecule has 4 atom stereocenters. The van der Waals surface area contributed by atoms with Crippen molar-refractivity contribution in [3.63, 3.8) is 0 Å². The van der Waals surface area contributed by atoms with Gasteiger partial charge in [-0.25, -0.2) is 8.42 Å². The van der Waals surface area contributed by atoms with Crippen molar-refractivity contribution in [3.05, 3.63) is 80.1 Å². The molecule has 13 heteroatoms.